The first-order valence-electron chi connectivity index (χ1n) is 7.29. The van der Waals surface area contributed by atoms with E-state index in [0.717, 1.165) is 24.1 Å². The van der Waals surface area contributed by atoms with E-state index in [9.17, 15) is 9.59 Å². The van der Waals surface area contributed by atoms with E-state index in [1.807, 2.05) is 37.3 Å². The van der Waals surface area contributed by atoms with Gasteiger partial charge >= 0.3 is 0 Å². The molecule has 5 heteroatoms. The van der Waals surface area contributed by atoms with Gasteiger partial charge in [0.25, 0.3) is 0 Å². The average molecular weight is 287 g/mol. The van der Waals surface area contributed by atoms with Crippen molar-refractivity contribution in [1.29, 1.82) is 0 Å². The topological polar surface area (TPSA) is 70.6 Å². The molecule has 0 aliphatic heterocycles. The third-order valence-electron chi connectivity index (χ3n) is 3.44. The first-order valence-corrected chi connectivity index (χ1v) is 7.29. The van der Waals surface area contributed by atoms with Crippen molar-refractivity contribution >= 4 is 17.5 Å². The summed E-state index contributed by atoms with van der Waals surface area (Å²) < 4.78 is 0. The lowest BCUT2D eigenvalue weighted by Gasteiger charge is -2.05. The Kier molecular flexibility index (Phi) is 5.49. The van der Waals surface area contributed by atoms with Crippen molar-refractivity contribution in [3.05, 3.63) is 35.9 Å². The maximum atomic E-state index is 11.7. The molecule has 1 aliphatic rings. The van der Waals surface area contributed by atoms with Gasteiger partial charge in [0.15, 0.2) is 0 Å². The largest absolute Gasteiger partial charge is 0.352 e. The van der Waals surface area contributed by atoms with Crippen molar-refractivity contribution in [2.75, 3.05) is 0 Å². The molecule has 0 radical (unpaired) electrons. The summed E-state index contributed by atoms with van der Waals surface area (Å²) in [6.07, 6.45) is 2.65. The summed E-state index contributed by atoms with van der Waals surface area (Å²) in [6, 6.07) is 9.68. The number of amides is 2. The second-order valence-electron chi connectivity index (χ2n) is 5.32. The highest BCUT2D eigenvalue weighted by atomic mass is 16.2. The third kappa shape index (κ3) is 5.77. The molecule has 0 aromatic heterocycles. The van der Waals surface area contributed by atoms with Gasteiger partial charge in [0, 0.05) is 25.1 Å². The van der Waals surface area contributed by atoms with Gasteiger partial charge in [-0.2, -0.15) is 5.10 Å². The molecular formula is C16H21N3O2. The van der Waals surface area contributed by atoms with Crippen LogP contribution in [-0.2, 0) is 16.1 Å². The molecule has 2 N–H and O–H groups in total. The Morgan fingerprint density at radius 2 is 1.81 bits per heavy atom. The van der Waals surface area contributed by atoms with Crippen LogP contribution in [0.15, 0.2) is 35.4 Å². The van der Waals surface area contributed by atoms with Crippen molar-refractivity contribution in [1.82, 2.24) is 10.7 Å². The lowest BCUT2D eigenvalue weighted by Crippen LogP contribution is -2.26. The van der Waals surface area contributed by atoms with Crippen LogP contribution < -0.4 is 10.7 Å². The molecule has 0 atom stereocenters. The second kappa shape index (κ2) is 7.57. The third-order valence-corrected chi connectivity index (χ3v) is 3.44. The minimum absolute atomic E-state index is 0.128. The number of hydrazone groups is 1. The van der Waals surface area contributed by atoms with Gasteiger partial charge in [0.05, 0.1) is 0 Å². The zero-order chi connectivity index (χ0) is 15.1. The van der Waals surface area contributed by atoms with Crippen LogP contribution in [0.3, 0.4) is 0 Å². The van der Waals surface area contributed by atoms with E-state index in [0.29, 0.717) is 12.5 Å². The van der Waals surface area contributed by atoms with E-state index in [4.69, 9.17) is 0 Å². The van der Waals surface area contributed by atoms with Crippen LogP contribution >= 0.6 is 0 Å². The maximum absolute atomic E-state index is 11.7. The number of carbonyl (C=O) groups is 2. The fourth-order valence-corrected chi connectivity index (χ4v) is 1.91. The molecule has 112 valence electrons. The van der Waals surface area contributed by atoms with Crippen LogP contribution in [0.5, 0.6) is 0 Å². The Balaban J connectivity index is 1.62. The van der Waals surface area contributed by atoms with Gasteiger partial charge < -0.3 is 5.32 Å². The highest BCUT2D eigenvalue weighted by molar-refractivity contribution is 5.88. The van der Waals surface area contributed by atoms with Crippen LogP contribution in [0, 0.1) is 5.92 Å². The van der Waals surface area contributed by atoms with Crippen LogP contribution in [0.2, 0.25) is 0 Å². The van der Waals surface area contributed by atoms with Crippen molar-refractivity contribution in [2.45, 2.75) is 39.2 Å². The zero-order valence-electron chi connectivity index (χ0n) is 12.3. The summed E-state index contributed by atoms with van der Waals surface area (Å²) in [7, 11) is 0. The van der Waals surface area contributed by atoms with Crippen molar-refractivity contribution in [3.8, 4) is 0 Å². The van der Waals surface area contributed by atoms with Gasteiger partial charge in [0.2, 0.25) is 11.8 Å². The van der Waals surface area contributed by atoms with Gasteiger partial charge in [-0.25, -0.2) is 5.43 Å². The Morgan fingerprint density at radius 3 is 2.48 bits per heavy atom. The Labute approximate surface area is 124 Å². The van der Waals surface area contributed by atoms with E-state index in [1.54, 1.807) is 0 Å². The molecule has 5 nitrogen and oxygen atoms in total. The average Bonchev–Trinajstić information content (AvgIpc) is 3.34. The van der Waals surface area contributed by atoms with E-state index in [1.165, 1.54) is 0 Å². The maximum Gasteiger partial charge on any atom is 0.240 e. The fourth-order valence-electron chi connectivity index (χ4n) is 1.91. The zero-order valence-corrected chi connectivity index (χ0v) is 12.3. The normalized spacial score (nSPS) is 14.6. The number of rotatable bonds is 7. The molecule has 0 bridgehead atoms. The van der Waals surface area contributed by atoms with Crippen molar-refractivity contribution in [3.63, 3.8) is 0 Å². The van der Waals surface area contributed by atoms with Gasteiger partial charge in [-0.3, -0.25) is 9.59 Å². The van der Waals surface area contributed by atoms with Crippen LogP contribution in [-0.4, -0.2) is 17.5 Å². The predicted octanol–water partition coefficient (Wildman–Crippen LogP) is 1.99. The van der Waals surface area contributed by atoms with Gasteiger partial charge in [0.1, 0.15) is 0 Å². The highest BCUT2D eigenvalue weighted by Crippen LogP contribution is 2.30. The van der Waals surface area contributed by atoms with Crippen molar-refractivity contribution < 1.29 is 9.59 Å². The standard InChI is InChI=1S/C16H21N3O2/c1-12(14-7-8-14)18-19-16(21)10-9-15(20)17-11-13-5-3-2-4-6-13/h2-6,14H,7-11H2,1H3,(H,17,20)(H,19,21). The molecule has 1 aromatic rings. The molecule has 0 saturated heterocycles. The minimum atomic E-state index is -0.218. The molecule has 0 unspecified atom stereocenters. The predicted molar refractivity (Wildman–Crippen MR) is 81.5 cm³/mol. The van der Waals surface area contributed by atoms with E-state index >= 15 is 0 Å². The van der Waals surface area contributed by atoms with E-state index in [-0.39, 0.29) is 24.7 Å². The summed E-state index contributed by atoms with van der Waals surface area (Å²) >= 11 is 0. The quantitative estimate of drug-likeness (QED) is 0.594. The molecule has 1 aliphatic carbocycles. The lowest BCUT2D eigenvalue weighted by molar-refractivity contribution is -0.126. The molecule has 2 amide bonds. The molecule has 2 rings (SSSR count). The number of hydrogen-bond acceptors (Lipinski definition) is 3. The van der Waals surface area contributed by atoms with Gasteiger partial charge in [-0.1, -0.05) is 30.3 Å². The molecule has 1 aromatic carbocycles. The Morgan fingerprint density at radius 1 is 1.14 bits per heavy atom. The molecule has 21 heavy (non-hydrogen) atoms. The van der Waals surface area contributed by atoms with Gasteiger partial charge in [-0.05, 0) is 31.2 Å². The highest BCUT2D eigenvalue weighted by Gasteiger charge is 2.24. The minimum Gasteiger partial charge on any atom is -0.352 e. The fraction of sp³-hybridized carbons (Fsp3) is 0.438. The number of hydrogen-bond donors (Lipinski definition) is 2. The number of benzene rings is 1. The Bertz CT molecular complexity index is 522. The molecule has 1 saturated carbocycles. The van der Waals surface area contributed by atoms with Crippen LogP contribution in [0.1, 0.15) is 38.2 Å². The number of carbonyl (C=O) groups excluding carboxylic acids is 2. The Hall–Kier alpha value is -2.17. The summed E-state index contributed by atoms with van der Waals surface area (Å²) in [5, 5.41) is 6.84. The monoisotopic (exact) mass is 287 g/mol. The summed E-state index contributed by atoms with van der Waals surface area (Å²) in [6.45, 7) is 2.41. The number of nitrogens with zero attached hydrogens (tertiary/aromatic N) is 1. The van der Waals surface area contributed by atoms with E-state index < -0.39 is 0 Å². The molecule has 0 heterocycles. The first kappa shape index (κ1) is 15.2. The van der Waals surface area contributed by atoms with Crippen molar-refractivity contribution in [2.24, 2.45) is 11.0 Å². The number of nitrogens with one attached hydrogen (secondary N) is 2. The molecule has 1 fully saturated rings. The smallest absolute Gasteiger partial charge is 0.240 e. The van der Waals surface area contributed by atoms with E-state index in [2.05, 4.69) is 15.8 Å². The molecule has 0 spiro atoms. The summed E-state index contributed by atoms with van der Waals surface area (Å²) in [4.78, 5) is 23.2. The lowest BCUT2D eigenvalue weighted by atomic mass is 10.2. The SMILES string of the molecule is CC(=NNC(=O)CCC(=O)NCc1ccccc1)C1CC1. The van der Waals surface area contributed by atoms with Gasteiger partial charge in [-0.15, -0.1) is 0 Å². The second-order valence-corrected chi connectivity index (χ2v) is 5.32. The molecular weight excluding hydrogens is 266 g/mol. The summed E-state index contributed by atoms with van der Waals surface area (Å²) in [5.74, 6) is 0.196. The van der Waals surface area contributed by atoms with Crippen LogP contribution in [0.25, 0.3) is 0 Å². The first-order chi connectivity index (χ1) is 10.1. The van der Waals surface area contributed by atoms with Crippen LogP contribution in [0.4, 0.5) is 0 Å². The summed E-state index contributed by atoms with van der Waals surface area (Å²) in [5.41, 5.74) is 4.51.